The number of nitrogens with zero attached hydrogens (tertiary/aromatic N) is 1. The molecule has 5 aromatic rings. The number of allylic oxidation sites excluding steroid dienone is 2. The zero-order chi connectivity index (χ0) is 23.5. The fourth-order valence-corrected chi connectivity index (χ4v) is 6.05. The molecule has 35 heavy (non-hydrogen) atoms. The maximum Gasteiger partial charge on any atom is 0.0630 e. The predicted octanol–water partition coefficient (Wildman–Crippen LogP) is 8.70. The van der Waals surface area contributed by atoms with Crippen LogP contribution in [-0.2, 0) is 0 Å². The molecule has 1 aliphatic carbocycles. The third-order valence-electron chi connectivity index (χ3n) is 7.71. The third kappa shape index (κ3) is 3.10. The summed E-state index contributed by atoms with van der Waals surface area (Å²) in [6, 6.07) is 33.5. The lowest BCUT2D eigenvalue weighted by Gasteiger charge is -2.32. The number of nitrogens with one attached hydrogen (secondary N) is 1. The maximum atomic E-state index is 3.55. The fraction of sp³-hybridized carbons (Fsp3) is 0.152. The number of anilines is 2. The van der Waals surface area contributed by atoms with Crippen LogP contribution in [-0.4, -0.2) is 11.0 Å². The van der Waals surface area contributed by atoms with Gasteiger partial charge in [-0.15, -0.1) is 0 Å². The van der Waals surface area contributed by atoms with Gasteiger partial charge in [-0.3, -0.25) is 0 Å². The Morgan fingerprint density at radius 1 is 0.743 bits per heavy atom. The van der Waals surface area contributed by atoms with Crippen molar-refractivity contribution in [2.24, 2.45) is 0 Å². The zero-order valence-corrected chi connectivity index (χ0v) is 20.1. The summed E-state index contributed by atoms with van der Waals surface area (Å²) in [5, 5.41) is 2.57. The molecule has 2 heteroatoms. The lowest BCUT2D eigenvalue weighted by atomic mass is 9.86. The molecule has 170 valence electrons. The summed E-state index contributed by atoms with van der Waals surface area (Å²) in [6.07, 6.45) is 7.22. The van der Waals surface area contributed by atoms with E-state index < -0.39 is 0 Å². The quantitative estimate of drug-likeness (QED) is 0.290. The van der Waals surface area contributed by atoms with Crippen molar-refractivity contribution in [2.45, 2.75) is 31.7 Å². The monoisotopic (exact) mass is 452 g/mol. The Bertz CT molecular complexity index is 1650. The highest BCUT2D eigenvalue weighted by Crippen LogP contribution is 2.50. The Balaban J connectivity index is 1.34. The molecule has 0 radical (unpaired) electrons. The molecule has 1 N–H and O–H groups in total. The third-order valence-corrected chi connectivity index (χ3v) is 7.71. The van der Waals surface area contributed by atoms with E-state index in [1.807, 2.05) is 0 Å². The van der Waals surface area contributed by atoms with Gasteiger partial charge in [0.05, 0.1) is 6.04 Å². The van der Waals surface area contributed by atoms with E-state index in [1.165, 1.54) is 55.4 Å². The number of para-hydroxylation sites is 3. The van der Waals surface area contributed by atoms with Crippen LogP contribution < -0.4 is 4.90 Å². The van der Waals surface area contributed by atoms with Crippen molar-refractivity contribution in [2.75, 3.05) is 4.90 Å². The molecule has 1 aliphatic heterocycles. The molecule has 0 saturated carbocycles. The number of aromatic nitrogens is 1. The van der Waals surface area contributed by atoms with Gasteiger partial charge in [0.25, 0.3) is 0 Å². The highest BCUT2D eigenvalue weighted by Gasteiger charge is 2.39. The van der Waals surface area contributed by atoms with Gasteiger partial charge in [0.1, 0.15) is 0 Å². The molecule has 0 fully saturated rings. The topological polar surface area (TPSA) is 19.0 Å². The van der Waals surface area contributed by atoms with Crippen molar-refractivity contribution >= 4 is 38.8 Å². The molecule has 0 amide bonds. The van der Waals surface area contributed by atoms with Crippen LogP contribution in [0.25, 0.3) is 27.4 Å². The van der Waals surface area contributed by atoms with Gasteiger partial charge < -0.3 is 9.88 Å². The smallest absolute Gasteiger partial charge is 0.0630 e. The Kier molecular flexibility index (Phi) is 4.50. The summed E-state index contributed by atoms with van der Waals surface area (Å²) in [4.78, 5) is 6.11. The first-order chi connectivity index (χ1) is 17.2. The Morgan fingerprint density at radius 2 is 1.49 bits per heavy atom. The molecule has 7 rings (SSSR count). The van der Waals surface area contributed by atoms with Crippen LogP contribution in [0.15, 0.2) is 109 Å². The Hall–Kier alpha value is -4.04. The van der Waals surface area contributed by atoms with Gasteiger partial charge in [0, 0.05) is 39.1 Å². The number of hydrogen-bond acceptors (Lipinski definition) is 1. The molecule has 0 saturated heterocycles. The van der Waals surface area contributed by atoms with E-state index >= 15 is 0 Å². The zero-order valence-electron chi connectivity index (χ0n) is 20.1. The molecule has 4 aromatic carbocycles. The second kappa shape index (κ2) is 7.74. The number of rotatable bonds is 3. The standard InChI is InChI=1S/C33H28N2/c1-21(2)24-9-4-7-13-31(24)35-32-14-8-5-11-26(32)28-20-23(16-18-33(28)35)22-15-17-30-27(19-22)25-10-3-6-12-29(25)34-30/h3-21,28,33-34H,1-2H3. The van der Waals surface area contributed by atoms with Gasteiger partial charge in [-0.2, -0.15) is 0 Å². The molecule has 2 atom stereocenters. The predicted molar refractivity (Wildman–Crippen MR) is 149 cm³/mol. The van der Waals surface area contributed by atoms with E-state index in [2.05, 4.69) is 133 Å². The fourth-order valence-electron chi connectivity index (χ4n) is 6.05. The SMILES string of the molecule is CC(C)c1ccccc1N1c2ccccc2C2C=C(c3ccc4[nH]c5ccccc5c4c3)C=CC21. The normalized spacial score (nSPS) is 18.8. The average Bonchev–Trinajstić information content (AvgIpc) is 3.43. The van der Waals surface area contributed by atoms with E-state index in [0.29, 0.717) is 11.8 Å². The van der Waals surface area contributed by atoms with Gasteiger partial charge in [-0.25, -0.2) is 0 Å². The van der Waals surface area contributed by atoms with Gasteiger partial charge in [-0.05, 0) is 58.5 Å². The molecule has 2 heterocycles. The highest BCUT2D eigenvalue weighted by atomic mass is 15.2. The van der Waals surface area contributed by atoms with Crippen molar-refractivity contribution in [3.05, 3.63) is 126 Å². The summed E-state index contributed by atoms with van der Waals surface area (Å²) in [5.41, 5.74) is 10.4. The second-order valence-electron chi connectivity index (χ2n) is 10.1. The van der Waals surface area contributed by atoms with Crippen LogP contribution in [0.3, 0.4) is 0 Å². The minimum Gasteiger partial charge on any atom is -0.355 e. The minimum absolute atomic E-state index is 0.285. The second-order valence-corrected chi connectivity index (χ2v) is 10.1. The van der Waals surface area contributed by atoms with Gasteiger partial charge >= 0.3 is 0 Å². The lowest BCUT2D eigenvalue weighted by Crippen LogP contribution is -2.29. The first-order valence-corrected chi connectivity index (χ1v) is 12.6. The molecule has 2 unspecified atom stereocenters. The summed E-state index contributed by atoms with van der Waals surface area (Å²) in [5.74, 6) is 0.795. The van der Waals surface area contributed by atoms with Crippen molar-refractivity contribution in [1.82, 2.24) is 4.98 Å². The molecule has 2 aliphatic rings. The van der Waals surface area contributed by atoms with Crippen LogP contribution in [0.4, 0.5) is 11.4 Å². The van der Waals surface area contributed by atoms with E-state index in [9.17, 15) is 0 Å². The number of H-pyrrole nitrogens is 1. The largest absolute Gasteiger partial charge is 0.355 e. The molecule has 1 aromatic heterocycles. The molecular weight excluding hydrogens is 424 g/mol. The average molecular weight is 453 g/mol. The molecule has 0 bridgehead atoms. The number of hydrogen-bond donors (Lipinski definition) is 1. The van der Waals surface area contributed by atoms with E-state index in [4.69, 9.17) is 0 Å². The Labute approximate surface area is 206 Å². The van der Waals surface area contributed by atoms with Crippen molar-refractivity contribution in [1.29, 1.82) is 0 Å². The van der Waals surface area contributed by atoms with Crippen molar-refractivity contribution < 1.29 is 0 Å². The summed E-state index contributed by atoms with van der Waals surface area (Å²) in [7, 11) is 0. The van der Waals surface area contributed by atoms with E-state index in [-0.39, 0.29) is 6.04 Å². The summed E-state index contributed by atoms with van der Waals surface area (Å²) >= 11 is 0. The van der Waals surface area contributed by atoms with Crippen molar-refractivity contribution in [3.8, 4) is 0 Å². The molecular formula is C33H28N2. The van der Waals surface area contributed by atoms with Gasteiger partial charge in [-0.1, -0.05) is 92.7 Å². The van der Waals surface area contributed by atoms with Gasteiger partial charge in [0.15, 0.2) is 0 Å². The summed E-state index contributed by atoms with van der Waals surface area (Å²) in [6.45, 7) is 4.57. The van der Waals surface area contributed by atoms with E-state index in [0.717, 1.165) is 0 Å². The highest BCUT2D eigenvalue weighted by molar-refractivity contribution is 6.08. The summed E-state index contributed by atoms with van der Waals surface area (Å²) < 4.78 is 0. The van der Waals surface area contributed by atoms with Crippen LogP contribution in [0.2, 0.25) is 0 Å². The first-order valence-electron chi connectivity index (χ1n) is 12.6. The lowest BCUT2D eigenvalue weighted by molar-refractivity contribution is 0.739. The molecule has 0 spiro atoms. The van der Waals surface area contributed by atoms with Crippen LogP contribution in [0, 0.1) is 0 Å². The number of fused-ring (bicyclic) bond motifs is 6. The van der Waals surface area contributed by atoms with Crippen LogP contribution in [0.5, 0.6) is 0 Å². The van der Waals surface area contributed by atoms with Gasteiger partial charge in [0.2, 0.25) is 0 Å². The first kappa shape index (κ1) is 20.3. The maximum absolute atomic E-state index is 3.55. The number of benzene rings is 4. The molecule has 2 nitrogen and oxygen atoms in total. The van der Waals surface area contributed by atoms with E-state index in [1.54, 1.807) is 0 Å². The Morgan fingerprint density at radius 3 is 2.37 bits per heavy atom. The van der Waals surface area contributed by atoms with Crippen molar-refractivity contribution in [3.63, 3.8) is 0 Å². The minimum atomic E-state index is 0.285. The van der Waals surface area contributed by atoms with Crippen LogP contribution in [0.1, 0.15) is 42.4 Å². The number of aromatic amines is 1. The van der Waals surface area contributed by atoms with Crippen LogP contribution >= 0.6 is 0 Å².